The second-order valence-corrected chi connectivity index (χ2v) is 8.44. The maximum atomic E-state index is 13.2. The first-order valence-electron chi connectivity index (χ1n) is 10.9. The Morgan fingerprint density at radius 3 is 2.58 bits per heavy atom. The van der Waals surface area contributed by atoms with Crippen LogP contribution >= 0.6 is 0 Å². The van der Waals surface area contributed by atoms with E-state index >= 15 is 0 Å². The van der Waals surface area contributed by atoms with Crippen LogP contribution in [0.1, 0.15) is 37.3 Å². The summed E-state index contributed by atoms with van der Waals surface area (Å²) in [7, 11) is 0. The molecule has 1 unspecified atom stereocenters. The Bertz CT molecular complexity index is 1040. The van der Waals surface area contributed by atoms with Gasteiger partial charge in [0.15, 0.2) is 0 Å². The Morgan fingerprint density at radius 2 is 1.84 bits per heavy atom. The second kappa shape index (κ2) is 9.25. The summed E-state index contributed by atoms with van der Waals surface area (Å²) in [5.74, 6) is -0.223. The highest BCUT2D eigenvalue weighted by molar-refractivity contribution is 5.91. The minimum atomic E-state index is -1.14. The zero-order chi connectivity index (χ0) is 21.7. The fourth-order valence-electron chi connectivity index (χ4n) is 3.89. The van der Waals surface area contributed by atoms with E-state index in [2.05, 4.69) is 15.6 Å². The van der Waals surface area contributed by atoms with Crippen LogP contribution in [0, 0.1) is 0 Å². The molecule has 0 bridgehead atoms. The van der Waals surface area contributed by atoms with Crippen LogP contribution in [0.2, 0.25) is 0 Å². The van der Waals surface area contributed by atoms with Gasteiger partial charge in [-0.3, -0.25) is 4.79 Å². The number of hydrogen-bond acceptors (Lipinski definition) is 3. The summed E-state index contributed by atoms with van der Waals surface area (Å²) in [5, 5.41) is 6.90. The van der Waals surface area contributed by atoms with E-state index in [1.165, 1.54) is 0 Å². The molecule has 31 heavy (non-hydrogen) atoms. The van der Waals surface area contributed by atoms with Gasteiger partial charge in [0.1, 0.15) is 11.6 Å². The highest BCUT2D eigenvalue weighted by Crippen LogP contribution is 2.25. The lowest BCUT2D eigenvalue weighted by atomic mass is 9.91. The number of para-hydroxylation sites is 1. The van der Waals surface area contributed by atoms with Crippen LogP contribution in [0.25, 0.3) is 10.9 Å². The van der Waals surface area contributed by atoms with Crippen LogP contribution in [-0.2, 0) is 22.4 Å². The van der Waals surface area contributed by atoms with E-state index in [1.807, 2.05) is 60.8 Å². The van der Waals surface area contributed by atoms with Crippen molar-refractivity contribution >= 4 is 22.9 Å². The number of H-pyrrole nitrogens is 1. The molecule has 1 heterocycles. The number of nitrogens with one attached hydrogen (secondary N) is 3. The van der Waals surface area contributed by atoms with Crippen LogP contribution in [0.3, 0.4) is 0 Å². The van der Waals surface area contributed by atoms with E-state index in [9.17, 15) is 9.59 Å². The first kappa shape index (κ1) is 21.0. The highest BCUT2D eigenvalue weighted by Gasteiger charge is 2.37. The van der Waals surface area contributed by atoms with Gasteiger partial charge in [-0.05, 0) is 49.8 Å². The summed E-state index contributed by atoms with van der Waals surface area (Å²) in [6.45, 7) is 2.25. The van der Waals surface area contributed by atoms with Crippen molar-refractivity contribution in [1.29, 1.82) is 0 Å². The number of rotatable bonds is 8. The van der Waals surface area contributed by atoms with E-state index in [0.29, 0.717) is 13.0 Å². The zero-order valence-corrected chi connectivity index (χ0v) is 17.8. The van der Waals surface area contributed by atoms with E-state index < -0.39 is 11.6 Å². The Labute approximate surface area is 182 Å². The molecule has 3 N–H and O–H groups in total. The molecule has 0 aliphatic heterocycles. The van der Waals surface area contributed by atoms with Gasteiger partial charge in [0.2, 0.25) is 5.91 Å². The van der Waals surface area contributed by atoms with Gasteiger partial charge >= 0.3 is 6.09 Å². The third-order valence-corrected chi connectivity index (χ3v) is 5.97. The summed E-state index contributed by atoms with van der Waals surface area (Å²) < 4.78 is 5.47. The molecule has 6 nitrogen and oxygen atoms in total. The van der Waals surface area contributed by atoms with Gasteiger partial charge < -0.3 is 20.4 Å². The second-order valence-electron chi connectivity index (χ2n) is 8.44. The molecule has 2 aromatic carbocycles. The summed E-state index contributed by atoms with van der Waals surface area (Å²) in [6.07, 6.45) is 5.25. The third-order valence-electron chi connectivity index (χ3n) is 5.97. The monoisotopic (exact) mass is 419 g/mol. The van der Waals surface area contributed by atoms with Crippen LogP contribution in [0.4, 0.5) is 4.79 Å². The van der Waals surface area contributed by atoms with E-state index in [4.69, 9.17) is 4.74 Å². The van der Waals surface area contributed by atoms with Crippen LogP contribution in [0.5, 0.6) is 0 Å². The van der Waals surface area contributed by atoms with Gasteiger partial charge in [-0.15, -0.1) is 0 Å². The molecule has 0 spiro atoms. The average Bonchev–Trinajstić information content (AvgIpc) is 3.14. The lowest BCUT2D eigenvalue weighted by Gasteiger charge is -2.32. The van der Waals surface area contributed by atoms with Crippen molar-refractivity contribution in [3.63, 3.8) is 0 Å². The molecule has 3 aromatic rings. The Hall–Kier alpha value is -3.28. The van der Waals surface area contributed by atoms with Gasteiger partial charge in [0.05, 0.1) is 0 Å². The van der Waals surface area contributed by atoms with Crippen molar-refractivity contribution < 1.29 is 14.3 Å². The van der Waals surface area contributed by atoms with Crippen molar-refractivity contribution in [2.45, 2.75) is 50.7 Å². The van der Waals surface area contributed by atoms with Crippen molar-refractivity contribution in [3.05, 3.63) is 71.9 Å². The fourth-order valence-corrected chi connectivity index (χ4v) is 3.89. The average molecular weight is 420 g/mol. The molecule has 2 amide bonds. The number of alkyl carbamates (subject to hydrolysis) is 1. The Balaban J connectivity index is 1.47. The molecular weight excluding hydrogens is 390 g/mol. The molecule has 4 rings (SSSR count). The standard InChI is InChI=1S/C25H29N3O3/c1-25(28-24(30)31-20-10-7-11-20,16-19-17-27-22-13-6-5-12-21(19)22)23(29)26-15-14-18-8-3-2-4-9-18/h2-6,8-9,12-13,17,20,27H,7,10-11,14-16H2,1H3,(H,26,29)(H,28,30). The Kier molecular flexibility index (Phi) is 6.26. The minimum absolute atomic E-state index is 0.0431. The molecule has 1 saturated carbocycles. The molecule has 1 fully saturated rings. The van der Waals surface area contributed by atoms with Crippen molar-refractivity contribution in [3.8, 4) is 0 Å². The molecule has 1 aromatic heterocycles. The molecule has 6 heteroatoms. The number of hydrogen-bond donors (Lipinski definition) is 3. The van der Waals surface area contributed by atoms with E-state index in [0.717, 1.165) is 47.7 Å². The smallest absolute Gasteiger partial charge is 0.408 e. The van der Waals surface area contributed by atoms with Crippen LogP contribution < -0.4 is 10.6 Å². The largest absolute Gasteiger partial charge is 0.446 e. The number of carbonyl (C=O) groups is 2. The van der Waals surface area contributed by atoms with Gasteiger partial charge in [0, 0.05) is 30.1 Å². The van der Waals surface area contributed by atoms with Crippen molar-refractivity contribution in [1.82, 2.24) is 15.6 Å². The van der Waals surface area contributed by atoms with E-state index in [-0.39, 0.29) is 12.0 Å². The minimum Gasteiger partial charge on any atom is -0.446 e. The first-order chi connectivity index (χ1) is 15.0. The molecular formula is C25H29N3O3. The van der Waals surface area contributed by atoms with Gasteiger partial charge in [0.25, 0.3) is 0 Å². The van der Waals surface area contributed by atoms with Crippen LogP contribution in [-0.4, -0.2) is 35.2 Å². The lowest BCUT2D eigenvalue weighted by molar-refractivity contribution is -0.127. The number of amides is 2. The lowest BCUT2D eigenvalue weighted by Crippen LogP contribution is -2.59. The number of aromatic nitrogens is 1. The maximum absolute atomic E-state index is 13.2. The maximum Gasteiger partial charge on any atom is 0.408 e. The quantitative estimate of drug-likeness (QED) is 0.514. The SMILES string of the molecule is CC(Cc1c[nH]c2ccccc12)(NC(=O)OC1CCC1)C(=O)NCCc1ccccc1. The summed E-state index contributed by atoms with van der Waals surface area (Å²) >= 11 is 0. The van der Waals surface area contributed by atoms with Crippen LogP contribution in [0.15, 0.2) is 60.8 Å². The summed E-state index contributed by atoms with van der Waals surface area (Å²) in [5.41, 5.74) is 1.99. The molecule has 1 atom stereocenters. The zero-order valence-electron chi connectivity index (χ0n) is 17.8. The fraction of sp³-hybridized carbons (Fsp3) is 0.360. The number of ether oxygens (including phenoxy) is 1. The van der Waals surface area contributed by atoms with Crippen molar-refractivity contribution in [2.75, 3.05) is 6.54 Å². The van der Waals surface area contributed by atoms with Crippen molar-refractivity contribution in [2.24, 2.45) is 0 Å². The van der Waals surface area contributed by atoms with Gasteiger partial charge in [-0.1, -0.05) is 48.5 Å². The summed E-state index contributed by atoms with van der Waals surface area (Å²) in [6, 6.07) is 17.9. The third kappa shape index (κ3) is 5.08. The Morgan fingerprint density at radius 1 is 1.10 bits per heavy atom. The summed E-state index contributed by atoms with van der Waals surface area (Å²) in [4.78, 5) is 29.0. The number of aromatic amines is 1. The molecule has 0 saturated heterocycles. The highest BCUT2D eigenvalue weighted by atomic mass is 16.6. The number of benzene rings is 2. The predicted octanol–water partition coefficient (Wildman–Crippen LogP) is 4.11. The number of fused-ring (bicyclic) bond motifs is 1. The normalized spacial score (nSPS) is 15.6. The predicted molar refractivity (Wildman–Crippen MR) is 121 cm³/mol. The van der Waals surface area contributed by atoms with Gasteiger partial charge in [-0.2, -0.15) is 0 Å². The molecule has 1 aliphatic carbocycles. The molecule has 0 radical (unpaired) electrons. The molecule has 1 aliphatic rings. The molecule has 162 valence electrons. The first-order valence-corrected chi connectivity index (χ1v) is 10.9. The topological polar surface area (TPSA) is 83.2 Å². The number of carbonyl (C=O) groups excluding carboxylic acids is 2. The van der Waals surface area contributed by atoms with Gasteiger partial charge in [-0.25, -0.2) is 4.79 Å². The van der Waals surface area contributed by atoms with E-state index in [1.54, 1.807) is 6.92 Å².